The van der Waals surface area contributed by atoms with E-state index in [2.05, 4.69) is 0 Å². The van der Waals surface area contributed by atoms with Gasteiger partial charge in [0.25, 0.3) is 0 Å². The van der Waals surface area contributed by atoms with E-state index in [0.29, 0.717) is 22.3 Å². The van der Waals surface area contributed by atoms with Crippen LogP contribution in [-0.2, 0) is 11.2 Å². The van der Waals surface area contributed by atoms with Crippen molar-refractivity contribution >= 4 is 17.6 Å². The molecule has 0 aromatic heterocycles. The summed E-state index contributed by atoms with van der Waals surface area (Å²) in [5, 5.41) is 10.2. The minimum absolute atomic E-state index is 0.167. The van der Waals surface area contributed by atoms with Crippen LogP contribution in [0.1, 0.15) is 11.1 Å². The lowest BCUT2D eigenvalue weighted by molar-refractivity contribution is -0.145. The predicted octanol–water partition coefficient (Wildman–Crippen LogP) is 5.52. The molecule has 1 atom stereocenters. The summed E-state index contributed by atoms with van der Waals surface area (Å²) in [6.45, 7) is 1.84. The Kier molecular flexibility index (Phi) is 5.99. The molecule has 0 spiro atoms. The van der Waals surface area contributed by atoms with Crippen LogP contribution in [0.4, 0.5) is 0 Å². The van der Waals surface area contributed by atoms with Crippen LogP contribution in [0.2, 0.25) is 5.02 Å². The molecule has 0 saturated heterocycles. The highest BCUT2D eigenvalue weighted by atomic mass is 35.5. The Balaban J connectivity index is 1.80. The van der Waals surface area contributed by atoms with E-state index in [0.717, 1.165) is 11.1 Å². The fourth-order valence-corrected chi connectivity index (χ4v) is 2.74. The third-order valence-corrected chi connectivity index (χ3v) is 4.46. The number of hydrogen-bond acceptors (Lipinski definition) is 3. The van der Waals surface area contributed by atoms with E-state index < -0.39 is 12.1 Å². The molecule has 0 amide bonds. The third-order valence-electron chi connectivity index (χ3n) is 4.03. The van der Waals surface area contributed by atoms with Gasteiger partial charge in [-0.3, -0.25) is 0 Å². The molecule has 5 heteroatoms. The maximum absolute atomic E-state index is 11.7. The molecule has 3 aromatic rings. The second-order valence-electron chi connectivity index (χ2n) is 6.08. The van der Waals surface area contributed by atoms with Gasteiger partial charge in [-0.05, 0) is 54.4 Å². The number of carbonyl (C=O) groups is 1. The van der Waals surface area contributed by atoms with Gasteiger partial charge in [0.15, 0.2) is 6.10 Å². The molecular formula is C22H19ClO4. The minimum atomic E-state index is -1.05. The van der Waals surface area contributed by atoms with Crippen molar-refractivity contribution in [3.8, 4) is 17.2 Å². The number of carboxylic acid groups (broad SMARTS) is 1. The average molecular weight is 383 g/mol. The zero-order chi connectivity index (χ0) is 19.2. The highest BCUT2D eigenvalue weighted by Gasteiger charge is 2.22. The molecule has 1 N–H and O–H groups in total. The normalized spacial score (nSPS) is 11.6. The van der Waals surface area contributed by atoms with Crippen molar-refractivity contribution in [2.45, 2.75) is 19.4 Å². The molecule has 0 aliphatic rings. The molecule has 3 aromatic carbocycles. The summed E-state index contributed by atoms with van der Waals surface area (Å²) in [6.07, 6.45) is -0.883. The molecule has 4 nitrogen and oxygen atoms in total. The number of aryl methyl sites for hydroxylation is 1. The zero-order valence-corrected chi connectivity index (χ0v) is 15.5. The monoisotopic (exact) mass is 382 g/mol. The van der Waals surface area contributed by atoms with Gasteiger partial charge in [-0.25, -0.2) is 4.79 Å². The summed E-state index contributed by atoms with van der Waals surface area (Å²) < 4.78 is 11.6. The van der Waals surface area contributed by atoms with Gasteiger partial charge in [0, 0.05) is 11.4 Å². The van der Waals surface area contributed by atoms with Crippen molar-refractivity contribution in [1.29, 1.82) is 0 Å². The maximum atomic E-state index is 11.7. The molecule has 0 fully saturated rings. The van der Waals surface area contributed by atoms with Gasteiger partial charge in [-0.15, -0.1) is 0 Å². The molecular weight excluding hydrogens is 364 g/mol. The summed E-state index contributed by atoms with van der Waals surface area (Å²) in [6, 6.07) is 21.8. The summed E-state index contributed by atoms with van der Waals surface area (Å²) >= 11 is 6.02. The number of carboxylic acids is 1. The van der Waals surface area contributed by atoms with Crippen molar-refractivity contribution in [2.75, 3.05) is 0 Å². The molecule has 27 heavy (non-hydrogen) atoms. The molecule has 0 bridgehead atoms. The maximum Gasteiger partial charge on any atom is 0.345 e. The predicted molar refractivity (Wildman–Crippen MR) is 105 cm³/mol. The first-order valence-corrected chi connectivity index (χ1v) is 8.87. The van der Waals surface area contributed by atoms with Gasteiger partial charge in [-0.2, -0.15) is 0 Å². The molecule has 0 saturated carbocycles. The van der Waals surface area contributed by atoms with Crippen molar-refractivity contribution < 1.29 is 19.4 Å². The third kappa shape index (κ3) is 5.02. The second-order valence-corrected chi connectivity index (χ2v) is 6.49. The first kappa shape index (κ1) is 18.8. The van der Waals surface area contributed by atoms with E-state index in [9.17, 15) is 9.90 Å². The van der Waals surface area contributed by atoms with Gasteiger partial charge in [0.05, 0.1) is 0 Å². The summed E-state index contributed by atoms with van der Waals surface area (Å²) in [5.74, 6) is 0.708. The number of aliphatic carboxylic acids is 1. The van der Waals surface area contributed by atoms with Crippen LogP contribution in [0.3, 0.4) is 0 Å². The van der Waals surface area contributed by atoms with E-state index >= 15 is 0 Å². The Morgan fingerprint density at radius 1 is 1.00 bits per heavy atom. The Morgan fingerprint density at radius 3 is 2.41 bits per heavy atom. The smallest absolute Gasteiger partial charge is 0.345 e. The standard InChI is InChI=1S/C22H19ClO4/c1-15-13-18(11-12-19(15)23)27-21(22(24)25)14-16-7-5-6-10-20(16)26-17-8-3-2-4-9-17/h2-13,21H,14H2,1H3,(H,24,25)/t21-/m1/s1. The van der Waals surface area contributed by atoms with Gasteiger partial charge < -0.3 is 14.6 Å². The highest BCUT2D eigenvalue weighted by Crippen LogP contribution is 2.28. The summed E-state index contributed by atoms with van der Waals surface area (Å²) in [4.78, 5) is 11.7. The van der Waals surface area contributed by atoms with Gasteiger partial charge in [0.1, 0.15) is 17.2 Å². The number of benzene rings is 3. The lowest BCUT2D eigenvalue weighted by Gasteiger charge is -2.18. The van der Waals surface area contributed by atoms with Gasteiger partial charge in [0.2, 0.25) is 0 Å². The first-order valence-electron chi connectivity index (χ1n) is 8.49. The highest BCUT2D eigenvalue weighted by molar-refractivity contribution is 6.31. The lowest BCUT2D eigenvalue weighted by atomic mass is 10.1. The molecule has 0 heterocycles. The number of rotatable bonds is 7. The SMILES string of the molecule is Cc1cc(O[C@H](Cc2ccccc2Oc2ccccc2)C(=O)O)ccc1Cl. The first-order chi connectivity index (χ1) is 13.0. The largest absolute Gasteiger partial charge is 0.478 e. The van der Waals surface area contributed by atoms with Crippen molar-refractivity contribution in [3.05, 3.63) is 88.9 Å². The van der Waals surface area contributed by atoms with Crippen LogP contribution in [0.15, 0.2) is 72.8 Å². The zero-order valence-electron chi connectivity index (χ0n) is 14.8. The molecule has 0 aliphatic heterocycles. The average Bonchev–Trinajstić information content (AvgIpc) is 2.66. The molecule has 3 rings (SSSR count). The van der Waals surface area contributed by atoms with Crippen LogP contribution < -0.4 is 9.47 Å². The lowest BCUT2D eigenvalue weighted by Crippen LogP contribution is -2.29. The fourth-order valence-electron chi connectivity index (χ4n) is 2.62. The Morgan fingerprint density at radius 2 is 1.70 bits per heavy atom. The van der Waals surface area contributed by atoms with Crippen molar-refractivity contribution in [2.24, 2.45) is 0 Å². The second kappa shape index (κ2) is 8.60. The Bertz CT molecular complexity index is 925. The van der Waals surface area contributed by atoms with E-state index in [1.54, 1.807) is 18.2 Å². The summed E-state index contributed by atoms with van der Waals surface area (Å²) in [5.41, 5.74) is 1.57. The van der Waals surface area contributed by atoms with E-state index in [4.69, 9.17) is 21.1 Å². The number of hydrogen-bond donors (Lipinski definition) is 1. The van der Waals surface area contributed by atoms with Gasteiger partial charge >= 0.3 is 5.97 Å². The van der Waals surface area contributed by atoms with Crippen LogP contribution >= 0.6 is 11.6 Å². The Labute approximate surface area is 162 Å². The van der Waals surface area contributed by atoms with Crippen molar-refractivity contribution in [1.82, 2.24) is 0 Å². The topological polar surface area (TPSA) is 55.8 Å². The fraction of sp³-hybridized carbons (Fsp3) is 0.136. The quantitative estimate of drug-likeness (QED) is 0.585. The van der Waals surface area contributed by atoms with E-state index in [1.807, 2.05) is 61.5 Å². The van der Waals surface area contributed by atoms with Crippen LogP contribution in [0, 0.1) is 6.92 Å². The van der Waals surface area contributed by atoms with Crippen molar-refractivity contribution in [3.63, 3.8) is 0 Å². The molecule has 0 unspecified atom stereocenters. The van der Waals surface area contributed by atoms with Crippen LogP contribution in [0.5, 0.6) is 17.2 Å². The summed E-state index contributed by atoms with van der Waals surface area (Å²) in [7, 11) is 0. The molecule has 0 radical (unpaired) electrons. The van der Waals surface area contributed by atoms with Crippen LogP contribution in [-0.4, -0.2) is 17.2 Å². The van der Waals surface area contributed by atoms with E-state index in [-0.39, 0.29) is 6.42 Å². The minimum Gasteiger partial charge on any atom is -0.478 e. The number of halogens is 1. The Hall–Kier alpha value is -2.98. The van der Waals surface area contributed by atoms with Gasteiger partial charge in [-0.1, -0.05) is 48.0 Å². The number of para-hydroxylation sites is 2. The van der Waals surface area contributed by atoms with Crippen LogP contribution in [0.25, 0.3) is 0 Å². The molecule has 0 aliphatic carbocycles. The van der Waals surface area contributed by atoms with E-state index in [1.165, 1.54) is 0 Å². The number of ether oxygens (including phenoxy) is 2. The molecule has 138 valence electrons.